The maximum atomic E-state index is 13.5. The molecule has 1 aliphatic carbocycles. The second kappa shape index (κ2) is 8.69. The summed E-state index contributed by atoms with van der Waals surface area (Å²) in [6.07, 6.45) is 1.69. The first-order chi connectivity index (χ1) is 14.2. The minimum absolute atomic E-state index is 0.0311. The number of aryl methyl sites for hydroxylation is 2. The first-order valence-corrected chi connectivity index (χ1v) is 11.4. The number of carbonyl (C=O) groups is 2. The second-order valence-corrected chi connectivity index (χ2v) is 9.59. The smallest absolute Gasteiger partial charge is 0.237 e. The van der Waals surface area contributed by atoms with E-state index < -0.39 is 0 Å². The summed E-state index contributed by atoms with van der Waals surface area (Å²) in [7, 11) is 1.70. The van der Waals surface area contributed by atoms with Crippen LogP contribution in [0.1, 0.15) is 57.5 Å². The van der Waals surface area contributed by atoms with Gasteiger partial charge in [0.1, 0.15) is 0 Å². The molecular formula is C23H39N5O2. The predicted molar refractivity (Wildman–Crippen MR) is 118 cm³/mol. The Morgan fingerprint density at radius 2 is 1.97 bits per heavy atom. The molecule has 1 saturated carbocycles. The van der Waals surface area contributed by atoms with E-state index in [1.807, 2.05) is 16.5 Å². The number of hydrogen-bond acceptors (Lipinski definition) is 4. The Hall–Kier alpha value is -1.89. The molecule has 1 saturated heterocycles. The van der Waals surface area contributed by atoms with Crippen molar-refractivity contribution in [3.63, 3.8) is 0 Å². The molecule has 1 aromatic heterocycles. The van der Waals surface area contributed by atoms with E-state index in [1.54, 1.807) is 7.05 Å². The van der Waals surface area contributed by atoms with E-state index in [9.17, 15) is 9.59 Å². The molecule has 2 heterocycles. The van der Waals surface area contributed by atoms with Crippen molar-refractivity contribution in [2.45, 2.75) is 73.5 Å². The number of likely N-dealkylation sites (tertiary alicyclic amines) is 1. The van der Waals surface area contributed by atoms with E-state index in [0.29, 0.717) is 19.0 Å². The maximum absolute atomic E-state index is 13.5. The number of nitrogens with zero attached hydrogens (tertiary/aromatic N) is 4. The number of nitrogens with one attached hydrogen (secondary N) is 1. The van der Waals surface area contributed by atoms with Crippen molar-refractivity contribution in [1.29, 1.82) is 0 Å². The van der Waals surface area contributed by atoms with Crippen molar-refractivity contribution in [3.05, 3.63) is 17.0 Å². The quantitative estimate of drug-likeness (QED) is 0.705. The highest BCUT2D eigenvalue weighted by molar-refractivity contribution is 5.85. The fourth-order valence-electron chi connectivity index (χ4n) is 5.30. The highest BCUT2D eigenvalue weighted by Crippen LogP contribution is 2.60. The van der Waals surface area contributed by atoms with E-state index >= 15 is 0 Å². The number of carbonyl (C=O) groups excluding carboxylic acids is 2. The normalized spacial score (nSPS) is 25.9. The van der Waals surface area contributed by atoms with Gasteiger partial charge in [-0.3, -0.25) is 19.2 Å². The third kappa shape index (κ3) is 4.13. The molecule has 0 aromatic carbocycles. The molecule has 2 fully saturated rings. The standard InChI is InChI=1S/C23H39N5O2/c1-8-26(13-18-16(5)25-28(9-2)17(18)6)22(30)19-10-23(19)11-20(21(29)24-7)27(14-23)12-15(3)4/h15,19-20H,8-14H2,1-7H3,(H,24,29)/t19-,20+,23+/m1/s1. The predicted octanol–water partition coefficient (Wildman–Crippen LogP) is 2.35. The summed E-state index contributed by atoms with van der Waals surface area (Å²) in [5, 5.41) is 7.43. The number of hydrogen-bond donors (Lipinski definition) is 1. The molecule has 0 bridgehead atoms. The van der Waals surface area contributed by atoms with Gasteiger partial charge in [0.25, 0.3) is 0 Å². The molecular weight excluding hydrogens is 378 g/mol. The maximum Gasteiger partial charge on any atom is 0.237 e. The molecule has 30 heavy (non-hydrogen) atoms. The van der Waals surface area contributed by atoms with Crippen LogP contribution in [0.25, 0.3) is 0 Å². The topological polar surface area (TPSA) is 70.5 Å². The summed E-state index contributed by atoms with van der Waals surface area (Å²) >= 11 is 0. The molecule has 7 heteroatoms. The fraction of sp³-hybridized carbons (Fsp3) is 0.783. The van der Waals surface area contributed by atoms with Gasteiger partial charge in [0.2, 0.25) is 11.8 Å². The van der Waals surface area contributed by atoms with Gasteiger partial charge in [-0.1, -0.05) is 13.8 Å². The average Bonchev–Trinajstić information content (AvgIpc) is 3.18. The van der Waals surface area contributed by atoms with Crippen LogP contribution >= 0.6 is 0 Å². The molecule has 168 valence electrons. The lowest BCUT2D eigenvalue weighted by Crippen LogP contribution is -2.43. The number of amides is 2. The van der Waals surface area contributed by atoms with Crippen molar-refractivity contribution in [2.24, 2.45) is 17.3 Å². The van der Waals surface area contributed by atoms with Crippen LogP contribution in [0.4, 0.5) is 0 Å². The lowest BCUT2D eigenvalue weighted by atomic mass is 9.98. The third-order valence-electron chi connectivity index (χ3n) is 7.07. The van der Waals surface area contributed by atoms with E-state index in [-0.39, 0.29) is 29.2 Å². The minimum Gasteiger partial charge on any atom is -0.358 e. The monoisotopic (exact) mass is 417 g/mol. The summed E-state index contributed by atoms with van der Waals surface area (Å²) in [6, 6.07) is -0.113. The number of likely N-dealkylation sites (N-methyl/N-ethyl adjacent to an activating group) is 1. The summed E-state index contributed by atoms with van der Waals surface area (Å²) in [6.45, 7) is 16.5. The average molecular weight is 418 g/mol. The van der Waals surface area contributed by atoms with Crippen molar-refractivity contribution in [3.8, 4) is 0 Å². The van der Waals surface area contributed by atoms with Crippen LogP contribution in [0.15, 0.2) is 0 Å². The highest BCUT2D eigenvalue weighted by atomic mass is 16.2. The van der Waals surface area contributed by atoms with Crippen molar-refractivity contribution < 1.29 is 9.59 Å². The molecule has 3 atom stereocenters. The molecule has 2 aliphatic rings. The molecule has 1 aromatic rings. The highest BCUT2D eigenvalue weighted by Gasteiger charge is 2.64. The number of aromatic nitrogens is 2. The molecule has 3 rings (SSSR count). The lowest BCUT2D eigenvalue weighted by Gasteiger charge is -2.24. The SMILES string of the molecule is CCN(Cc1c(C)nn(CC)c1C)C(=O)[C@H]1C[C@@]12C[C@@H](C(=O)NC)N(CC(C)C)C2. The van der Waals surface area contributed by atoms with Gasteiger partial charge in [-0.2, -0.15) is 5.10 Å². The molecule has 1 spiro atoms. The van der Waals surface area contributed by atoms with E-state index in [0.717, 1.165) is 49.4 Å². The Morgan fingerprint density at radius 1 is 1.27 bits per heavy atom. The van der Waals surface area contributed by atoms with Crippen LogP contribution in [0.2, 0.25) is 0 Å². The van der Waals surface area contributed by atoms with Crippen molar-refractivity contribution in [2.75, 3.05) is 26.7 Å². The van der Waals surface area contributed by atoms with Crippen LogP contribution in [-0.4, -0.2) is 64.1 Å². The van der Waals surface area contributed by atoms with Crippen molar-refractivity contribution >= 4 is 11.8 Å². The summed E-state index contributed by atoms with van der Waals surface area (Å²) in [5.41, 5.74) is 3.29. The summed E-state index contributed by atoms with van der Waals surface area (Å²) < 4.78 is 2.01. The Morgan fingerprint density at radius 3 is 2.50 bits per heavy atom. The van der Waals surface area contributed by atoms with Crippen LogP contribution in [0.3, 0.4) is 0 Å². The van der Waals surface area contributed by atoms with Gasteiger partial charge in [0.15, 0.2) is 0 Å². The molecule has 0 unspecified atom stereocenters. The third-order valence-corrected chi connectivity index (χ3v) is 7.07. The first kappa shape index (κ1) is 22.8. The van der Waals surface area contributed by atoms with Crippen LogP contribution in [0.5, 0.6) is 0 Å². The van der Waals surface area contributed by atoms with Gasteiger partial charge in [0.05, 0.1) is 11.7 Å². The Kier molecular flexibility index (Phi) is 6.60. The zero-order valence-corrected chi connectivity index (χ0v) is 19.8. The van der Waals surface area contributed by atoms with Gasteiger partial charge in [-0.05, 0) is 51.9 Å². The first-order valence-electron chi connectivity index (χ1n) is 11.4. The molecule has 7 nitrogen and oxygen atoms in total. The molecule has 1 N–H and O–H groups in total. The fourth-order valence-corrected chi connectivity index (χ4v) is 5.30. The zero-order chi connectivity index (χ0) is 22.2. The lowest BCUT2D eigenvalue weighted by molar-refractivity contribution is -0.134. The van der Waals surface area contributed by atoms with Gasteiger partial charge in [0, 0.05) is 56.9 Å². The summed E-state index contributed by atoms with van der Waals surface area (Å²) in [4.78, 5) is 30.2. The zero-order valence-electron chi connectivity index (χ0n) is 19.8. The Balaban J connectivity index is 1.73. The van der Waals surface area contributed by atoms with Crippen LogP contribution in [0, 0.1) is 31.1 Å². The van der Waals surface area contributed by atoms with Gasteiger partial charge in [-0.15, -0.1) is 0 Å². The minimum atomic E-state index is -0.113. The largest absolute Gasteiger partial charge is 0.358 e. The van der Waals surface area contributed by atoms with Crippen molar-refractivity contribution in [1.82, 2.24) is 24.9 Å². The van der Waals surface area contributed by atoms with Gasteiger partial charge >= 0.3 is 0 Å². The summed E-state index contributed by atoms with van der Waals surface area (Å²) in [5.74, 6) is 0.843. The van der Waals surface area contributed by atoms with Crippen LogP contribution < -0.4 is 5.32 Å². The van der Waals surface area contributed by atoms with Crippen LogP contribution in [-0.2, 0) is 22.7 Å². The van der Waals surface area contributed by atoms with E-state index in [4.69, 9.17) is 0 Å². The second-order valence-electron chi connectivity index (χ2n) is 9.59. The molecule has 2 amide bonds. The molecule has 1 aliphatic heterocycles. The Bertz CT molecular complexity index is 802. The Labute approximate surface area is 181 Å². The van der Waals surface area contributed by atoms with Gasteiger partial charge < -0.3 is 10.2 Å². The number of rotatable bonds is 8. The van der Waals surface area contributed by atoms with E-state index in [1.165, 1.54) is 0 Å². The van der Waals surface area contributed by atoms with Gasteiger partial charge in [-0.25, -0.2) is 0 Å². The van der Waals surface area contributed by atoms with E-state index in [2.05, 4.69) is 49.9 Å². The molecule has 0 radical (unpaired) electrons.